The lowest BCUT2D eigenvalue weighted by molar-refractivity contribution is -0.386. The normalized spacial score (nSPS) is 14.6. The van der Waals surface area contributed by atoms with E-state index in [1.165, 1.54) is 6.07 Å². The van der Waals surface area contributed by atoms with Crippen LogP contribution < -0.4 is 0 Å². The van der Waals surface area contributed by atoms with Crippen LogP contribution in [0.4, 0.5) is 5.69 Å². The van der Waals surface area contributed by atoms with E-state index in [4.69, 9.17) is 0 Å². The van der Waals surface area contributed by atoms with Crippen LogP contribution in [0, 0.1) is 10.1 Å². The molecule has 2 unspecified atom stereocenters. The summed E-state index contributed by atoms with van der Waals surface area (Å²) in [4.78, 5) is 14.7. The quantitative estimate of drug-likeness (QED) is 0.480. The fraction of sp³-hybridized carbons (Fsp3) is 0.500. The number of aromatic nitrogens is 1. The molecule has 82 valence electrons. The summed E-state index contributed by atoms with van der Waals surface area (Å²) in [6, 6.07) is 3.09. The molecule has 0 aliphatic carbocycles. The van der Waals surface area contributed by atoms with Gasteiger partial charge in [0.25, 0.3) is 5.69 Å². The van der Waals surface area contributed by atoms with Crippen molar-refractivity contribution < 1.29 is 4.92 Å². The third-order valence-corrected chi connectivity index (χ3v) is 3.00. The number of halogens is 1. The van der Waals surface area contributed by atoms with E-state index in [-0.39, 0.29) is 21.4 Å². The molecule has 0 fully saturated rings. The van der Waals surface area contributed by atoms with E-state index in [0.29, 0.717) is 5.69 Å². The summed E-state index contributed by atoms with van der Waals surface area (Å²) in [5, 5.41) is 10.8. The van der Waals surface area contributed by atoms with Gasteiger partial charge >= 0.3 is 0 Å². The zero-order valence-electron chi connectivity index (χ0n) is 8.68. The van der Waals surface area contributed by atoms with Gasteiger partial charge in [-0.25, -0.2) is 0 Å². The Kier molecular flexibility index (Phi) is 4.20. The van der Waals surface area contributed by atoms with Gasteiger partial charge in [0.05, 0.1) is 4.92 Å². The van der Waals surface area contributed by atoms with E-state index >= 15 is 0 Å². The summed E-state index contributed by atoms with van der Waals surface area (Å²) in [5.74, 6) is 0.0756. The molecular weight excluding hydrogens is 260 g/mol. The third kappa shape index (κ3) is 2.75. The van der Waals surface area contributed by atoms with Crippen molar-refractivity contribution in [2.75, 3.05) is 0 Å². The Labute approximate surface area is 97.0 Å². The molecule has 1 rings (SSSR count). The van der Waals surface area contributed by atoms with E-state index in [2.05, 4.69) is 20.9 Å². The molecule has 2 atom stereocenters. The predicted octanol–water partition coefficient (Wildman–Crippen LogP) is 3.27. The second-order valence-electron chi connectivity index (χ2n) is 3.36. The van der Waals surface area contributed by atoms with Gasteiger partial charge in [-0.05, 0) is 12.5 Å². The molecule has 0 N–H and O–H groups in total. The van der Waals surface area contributed by atoms with Crippen molar-refractivity contribution in [3.63, 3.8) is 0 Å². The molecule has 0 radical (unpaired) electrons. The minimum atomic E-state index is -0.375. The summed E-state index contributed by atoms with van der Waals surface area (Å²) < 4.78 is 0. The van der Waals surface area contributed by atoms with Crippen molar-refractivity contribution in [3.05, 3.63) is 34.1 Å². The fourth-order valence-electron chi connectivity index (χ4n) is 1.58. The van der Waals surface area contributed by atoms with E-state index in [0.717, 1.165) is 6.42 Å². The average Bonchev–Trinajstić information content (AvgIpc) is 2.18. The Morgan fingerprint density at radius 1 is 1.67 bits per heavy atom. The Morgan fingerprint density at radius 3 is 2.80 bits per heavy atom. The number of nitrogens with zero attached hydrogens (tertiary/aromatic N) is 2. The summed E-state index contributed by atoms with van der Waals surface area (Å²) in [6.45, 7) is 3.98. The number of pyridine rings is 1. The smallest absolute Gasteiger partial charge is 0.258 e. The topological polar surface area (TPSA) is 56.0 Å². The van der Waals surface area contributed by atoms with Crippen molar-refractivity contribution in [1.82, 2.24) is 4.98 Å². The van der Waals surface area contributed by atoms with Crippen LogP contribution in [0.25, 0.3) is 0 Å². The molecule has 0 aliphatic rings. The lowest BCUT2D eigenvalue weighted by atomic mass is 9.97. The van der Waals surface area contributed by atoms with Crippen LogP contribution in [-0.2, 0) is 0 Å². The molecule has 0 spiro atoms. The molecule has 0 aromatic carbocycles. The fourth-order valence-corrected chi connectivity index (χ4v) is 2.21. The van der Waals surface area contributed by atoms with Crippen LogP contribution in [-0.4, -0.2) is 14.7 Å². The highest BCUT2D eigenvalue weighted by Crippen LogP contribution is 2.32. The minimum Gasteiger partial charge on any atom is -0.258 e. The molecule has 0 bridgehead atoms. The summed E-state index contributed by atoms with van der Waals surface area (Å²) in [6.07, 6.45) is 2.42. The second-order valence-corrected chi connectivity index (χ2v) is 4.80. The predicted molar refractivity (Wildman–Crippen MR) is 62.3 cm³/mol. The van der Waals surface area contributed by atoms with Gasteiger partial charge in [0, 0.05) is 23.0 Å². The van der Waals surface area contributed by atoms with Gasteiger partial charge < -0.3 is 0 Å². The second kappa shape index (κ2) is 5.21. The largest absolute Gasteiger partial charge is 0.291 e. The van der Waals surface area contributed by atoms with Crippen LogP contribution in [0.2, 0.25) is 0 Å². The van der Waals surface area contributed by atoms with Crippen LogP contribution in [0.1, 0.15) is 31.9 Å². The van der Waals surface area contributed by atoms with E-state index < -0.39 is 0 Å². The zero-order chi connectivity index (χ0) is 11.4. The van der Waals surface area contributed by atoms with Crippen molar-refractivity contribution >= 4 is 21.6 Å². The molecule has 0 aliphatic heterocycles. The first-order valence-electron chi connectivity index (χ1n) is 4.81. The zero-order valence-corrected chi connectivity index (χ0v) is 10.3. The average molecular weight is 273 g/mol. The van der Waals surface area contributed by atoms with E-state index in [1.807, 2.05) is 13.8 Å². The maximum atomic E-state index is 10.8. The van der Waals surface area contributed by atoms with Gasteiger partial charge in [-0.1, -0.05) is 29.8 Å². The molecule has 1 aromatic rings. The van der Waals surface area contributed by atoms with Crippen molar-refractivity contribution in [2.24, 2.45) is 0 Å². The van der Waals surface area contributed by atoms with Gasteiger partial charge in [-0.3, -0.25) is 15.1 Å². The van der Waals surface area contributed by atoms with Crippen molar-refractivity contribution in [1.29, 1.82) is 0 Å². The number of hydrogen-bond acceptors (Lipinski definition) is 3. The Morgan fingerprint density at radius 2 is 2.33 bits per heavy atom. The van der Waals surface area contributed by atoms with Crippen LogP contribution in [0.15, 0.2) is 18.3 Å². The van der Waals surface area contributed by atoms with Gasteiger partial charge in [0.1, 0.15) is 5.69 Å². The maximum absolute atomic E-state index is 10.8. The monoisotopic (exact) mass is 272 g/mol. The molecule has 5 heteroatoms. The van der Waals surface area contributed by atoms with Gasteiger partial charge in [-0.2, -0.15) is 0 Å². The lowest BCUT2D eigenvalue weighted by Crippen LogP contribution is -2.12. The van der Waals surface area contributed by atoms with E-state index in [9.17, 15) is 10.1 Å². The Bertz CT molecular complexity index is 355. The molecule has 15 heavy (non-hydrogen) atoms. The Balaban J connectivity index is 3.16. The lowest BCUT2D eigenvalue weighted by Gasteiger charge is -2.16. The minimum absolute atomic E-state index is 0.0756. The molecule has 4 nitrogen and oxygen atoms in total. The van der Waals surface area contributed by atoms with Crippen LogP contribution >= 0.6 is 15.9 Å². The third-order valence-electron chi connectivity index (χ3n) is 2.36. The van der Waals surface area contributed by atoms with Gasteiger partial charge in [0.15, 0.2) is 0 Å². The van der Waals surface area contributed by atoms with E-state index in [1.54, 1.807) is 12.3 Å². The van der Waals surface area contributed by atoms with Crippen LogP contribution in [0.5, 0.6) is 0 Å². The van der Waals surface area contributed by atoms with Crippen molar-refractivity contribution in [3.8, 4) is 0 Å². The summed E-state index contributed by atoms with van der Waals surface area (Å²) in [5.41, 5.74) is 0.671. The molecular formula is C10H13BrN2O2. The number of hydrogen-bond donors (Lipinski definition) is 0. The molecule has 1 heterocycles. The van der Waals surface area contributed by atoms with Gasteiger partial charge in [0.2, 0.25) is 0 Å². The number of nitro groups is 1. The first-order chi connectivity index (χ1) is 7.07. The standard InChI is InChI=1S/C10H13BrN2O2/c1-3-8(7(2)11)10-9(13(14)15)5-4-6-12-10/h4-8H,3H2,1-2H3. The highest BCUT2D eigenvalue weighted by molar-refractivity contribution is 9.09. The highest BCUT2D eigenvalue weighted by Gasteiger charge is 2.25. The first kappa shape index (κ1) is 12.1. The number of rotatable bonds is 4. The number of alkyl halides is 1. The van der Waals surface area contributed by atoms with Crippen molar-refractivity contribution in [2.45, 2.75) is 31.0 Å². The molecule has 0 amide bonds. The molecule has 0 saturated heterocycles. The SMILES string of the molecule is CCC(c1ncccc1[N+](=O)[O-])C(C)Br. The highest BCUT2D eigenvalue weighted by atomic mass is 79.9. The Hall–Kier alpha value is -0.970. The maximum Gasteiger partial charge on any atom is 0.291 e. The summed E-state index contributed by atoms with van der Waals surface area (Å²) in [7, 11) is 0. The molecule has 1 aromatic heterocycles. The van der Waals surface area contributed by atoms with Gasteiger partial charge in [-0.15, -0.1) is 0 Å². The summed E-state index contributed by atoms with van der Waals surface area (Å²) >= 11 is 3.46. The molecule has 0 saturated carbocycles. The first-order valence-corrected chi connectivity index (χ1v) is 5.72. The van der Waals surface area contributed by atoms with Crippen LogP contribution in [0.3, 0.4) is 0 Å².